The molecule has 4 nitrogen and oxygen atoms in total. The lowest BCUT2D eigenvalue weighted by atomic mass is 10.2. The van der Waals surface area contributed by atoms with Crippen molar-refractivity contribution in [3.8, 4) is 0 Å². The van der Waals surface area contributed by atoms with Gasteiger partial charge in [-0.3, -0.25) is 4.79 Å². The molecule has 4 heteroatoms. The molecule has 0 aliphatic rings. The first-order chi connectivity index (χ1) is 6.74. The lowest BCUT2D eigenvalue weighted by Crippen LogP contribution is -2.19. The highest BCUT2D eigenvalue weighted by molar-refractivity contribution is 5.80. The van der Waals surface area contributed by atoms with Gasteiger partial charge < -0.3 is 9.88 Å². The Hall–Kier alpha value is -1.16. The highest BCUT2D eigenvalue weighted by Crippen LogP contribution is 1.97. The molecule has 0 atom stereocenters. The Bertz CT molecular complexity index is 293. The van der Waals surface area contributed by atoms with Crippen LogP contribution in [0.25, 0.3) is 0 Å². The summed E-state index contributed by atoms with van der Waals surface area (Å²) in [7, 11) is 1.90. The van der Waals surface area contributed by atoms with Gasteiger partial charge in [0.05, 0.1) is 6.42 Å². The summed E-state index contributed by atoms with van der Waals surface area (Å²) in [6.45, 7) is 3.71. The fourth-order valence-corrected chi connectivity index (χ4v) is 1.24. The second-order valence-electron chi connectivity index (χ2n) is 3.27. The van der Waals surface area contributed by atoms with E-state index in [9.17, 15) is 4.79 Å². The Balaban J connectivity index is 2.31. The number of nitrogens with one attached hydrogen (secondary N) is 1. The molecule has 0 aromatic carbocycles. The van der Waals surface area contributed by atoms with Gasteiger partial charge in [-0.2, -0.15) is 0 Å². The van der Waals surface area contributed by atoms with Crippen LogP contribution in [0.4, 0.5) is 0 Å². The predicted molar refractivity (Wildman–Crippen MR) is 55.1 cm³/mol. The maximum atomic E-state index is 11.4. The van der Waals surface area contributed by atoms with E-state index in [0.29, 0.717) is 12.8 Å². The predicted octanol–water partition coefficient (Wildman–Crippen LogP) is 0.531. The Kier molecular flexibility index (Phi) is 4.32. The number of hydrogen-bond donors (Lipinski definition) is 1. The van der Waals surface area contributed by atoms with Crippen LogP contribution in [0.2, 0.25) is 0 Å². The molecule has 0 saturated heterocycles. The first kappa shape index (κ1) is 10.9. The smallest absolute Gasteiger partial charge is 0.141 e. The number of aryl methyl sites for hydroxylation is 1. The number of rotatable bonds is 6. The fraction of sp³-hybridized carbons (Fsp3) is 0.600. The van der Waals surface area contributed by atoms with E-state index in [1.54, 1.807) is 6.20 Å². The summed E-state index contributed by atoms with van der Waals surface area (Å²) in [6.07, 6.45) is 4.59. The zero-order valence-electron chi connectivity index (χ0n) is 8.79. The van der Waals surface area contributed by atoms with Gasteiger partial charge in [0.2, 0.25) is 0 Å². The molecule has 0 fully saturated rings. The van der Waals surface area contributed by atoms with Crippen LogP contribution >= 0.6 is 0 Å². The summed E-state index contributed by atoms with van der Waals surface area (Å²) >= 11 is 0. The summed E-state index contributed by atoms with van der Waals surface area (Å²) < 4.78 is 1.88. The van der Waals surface area contributed by atoms with E-state index >= 15 is 0 Å². The average Bonchev–Trinajstić information content (AvgIpc) is 2.52. The van der Waals surface area contributed by atoms with Gasteiger partial charge in [-0.25, -0.2) is 4.98 Å². The van der Waals surface area contributed by atoms with Crippen molar-refractivity contribution in [3.05, 3.63) is 18.2 Å². The molecule has 0 bridgehead atoms. The Morgan fingerprint density at radius 1 is 1.64 bits per heavy atom. The molecule has 1 N–H and O–H groups in total. The maximum Gasteiger partial charge on any atom is 0.141 e. The van der Waals surface area contributed by atoms with Crippen molar-refractivity contribution in [1.29, 1.82) is 0 Å². The molecule has 1 aromatic rings. The number of nitrogens with zero attached hydrogens (tertiary/aromatic N) is 2. The second kappa shape index (κ2) is 5.54. The molecule has 14 heavy (non-hydrogen) atoms. The quantitative estimate of drug-likeness (QED) is 0.674. The molecule has 0 amide bonds. The number of Topliss-reactive ketones (excluding diaryl/α,β-unsaturated/α-hetero) is 1. The minimum atomic E-state index is 0.236. The SMILES string of the molecule is CCNCCC(=O)Cc1nccn1C. The lowest BCUT2D eigenvalue weighted by Gasteiger charge is -2.02. The minimum absolute atomic E-state index is 0.236. The first-order valence-corrected chi connectivity index (χ1v) is 4.92. The van der Waals surface area contributed by atoms with Crippen molar-refractivity contribution in [3.63, 3.8) is 0 Å². The molecule has 0 unspecified atom stereocenters. The van der Waals surface area contributed by atoms with E-state index in [4.69, 9.17) is 0 Å². The minimum Gasteiger partial charge on any atom is -0.338 e. The number of hydrogen-bond acceptors (Lipinski definition) is 3. The zero-order chi connectivity index (χ0) is 10.4. The van der Waals surface area contributed by atoms with Crippen molar-refractivity contribution in [2.75, 3.05) is 13.1 Å². The topological polar surface area (TPSA) is 46.9 Å². The highest BCUT2D eigenvalue weighted by atomic mass is 16.1. The van der Waals surface area contributed by atoms with Gasteiger partial charge in [0.1, 0.15) is 11.6 Å². The van der Waals surface area contributed by atoms with Crippen molar-refractivity contribution in [2.45, 2.75) is 19.8 Å². The first-order valence-electron chi connectivity index (χ1n) is 4.92. The van der Waals surface area contributed by atoms with Crippen LogP contribution in [0, 0.1) is 0 Å². The van der Waals surface area contributed by atoms with Gasteiger partial charge in [0.25, 0.3) is 0 Å². The number of carbonyl (C=O) groups is 1. The summed E-state index contributed by atoms with van der Waals surface area (Å²) in [5.41, 5.74) is 0. The third kappa shape index (κ3) is 3.30. The molecule has 1 rings (SSSR count). The molecule has 0 aliphatic carbocycles. The second-order valence-corrected chi connectivity index (χ2v) is 3.27. The molecule has 0 radical (unpaired) electrons. The molecule has 0 spiro atoms. The van der Waals surface area contributed by atoms with E-state index in [1.165, 1.54) is 0 Å². The molecular formula is C10H17N3O. The van der Waals surface area contributed by atoms with Crippen LogP contribution in [-0.2, 0) is 18.3 Å². The summed E-state index contributed by atoms with van der Waals surface area (Å²) in [6, 6.07) is 0. The van der Waals surface area contributed by atoms with E-state index in [1.807, 2.05) is 24.7 Å². The van der Waals surface area contributed by atoms with Crippen LogP contribution in [0.1, 0.15) is 19.2 Å². The number of ketones is 1. The monoisotopic (exact) mass is 195 g/mol. The standard InChI is InChI=1S/C10H17N3O/c1-3-11-5-4-9(14)8-10-12-6-7-13(10)2/h6-7,11H,3-5,8H2,1-2H3. The average molecular weight is 195 g/mol. The number of carbonyl (C=O) groups excluding carboxylic acids is 1. The van der Waals surface area contributed by atoms with Crippen molar-refractivity contribution >= 4 is 5.78 Å². The highest BCUT2D eigenvalue weighted by Gasteiger charge is 2.06. The third-order valence-corrected chi connectivity index (χ3v) is 2.11. The van der Waals surface area contributed by atoms with Crippen molar-refractivity contribution < 1.29 is 4.79 Å². The van der Waals surface area contributed by atoms with Gasteiger partial charge in [-0.1, -0.05) is 6.92 Å². The lowest BCUT2D eigenvalue weighted by molar-refractivity contribution is -0.118. The van der Waals surface area contributed by atoms with E-state index in [2.05, 4.69) is 10.3 Å². The zero-order valence-corrected chi connectivity index (χ0v) is 8.79. The van der Waals surface area contributed by atoms with Crippen LogP contribution in [0.5, 0.6) is 0 Å². The Labute approximate surface area is 84.3 Å². The molecule has 0 aliphatic heterocycles. The molecule has 0 saturated carbocycles. The van der Waals surface area contributed by atoms with Gasteiger partial charge in [0, 0.05) is 32.4 Å². The maximum absolute atomic E-state index is 11.4. The van der Waals surface area contributed by atoms with Crippen LogP contribution in [-0.4, -0.2) is 28.4 Å². The Morgan fingerprint density at radius 2 is 2.43 bits per heavy atom. The third-order valence-electron chi connectivity index (χ3n) is 2.11. The van der Waals surface area contributed by atoms with Crippen molar-refractivity contribution in [1.82, 2.24) is 14.9 Å². The normalized spacial score (nSPS) is 10.4. The summed E-state index contributed by atoms with van der Waals surface area (Å²) in [5.74, 6) is 1.08. The van der Waals surface area contributed by atoms with Crippen LogP contribution < -0.4 is 5.32 Å². The summed E-state index contributed by atoms with van der Waals surface area (Å²) in [4.78, 5) is 15.5. The fourth-order valence-electron chi connectivity index (χ4n) is 1.24. The number of imidazole rings is 1. The molecule has 1 heterocycles. The number of aromatic nitrogens is 2. The van der Waals surface area contributed by atoms with Gasteiger partial charge >= 0.3 is 0 Å². The summed E-state index contributed by atoms with van der Waals surface area (Å²) in [5, 5.41) is 3.13. The molecular weight excluding hydrogens is 178 g/mol. The van der Waals surface area contributed by atoms with Crippen LogP contribution in [0.3, 0.4) is 0 Å². The van der Waals surface area contributed by atoms with E-state index in [0.717, 1.165) is 18.9 Å². The van der Waals surface area contributed by atoms with Gasteiger partial charge in [0.15, 0.2) is 0 Å². The van der Waals surface area contributed by atoms with Crippen molar-refractivity contribution in [2.24, 2.45) is 7.05 Å². The van der Waals surface area contributed by atoms with Gasteiger partial charge in [-0.05, 0) is 6.54 Å². The largest absolute Gasteiger partial charge is 0.338 e. The molecule has 78 valence electrons. The van der Waals surface area contributed by atoms with E-state index in [-0.39, 0.29) is 5.78 Å². The van der Waals surface area contributed by atoms with Gasteiger partial charge in [-0.15, -0.1) is 0 Å². The van der Waals surface area contributed by atoms with Crippen LogP contribution in [0.15, 0.2) is 12.4 Å². The molecule has 1 aromatic heterocycles. The van der Waals surface area contributed by atoms with E-state index < -0.39 is 0 Å². The Morgan fingerprint density at radius 3 is 3.00 bits per heavy atom.